The highest BCUT2D eigenvalue weighted by Gasteiger charge is 2.21. The van der Waals surface area contributed by atoms with Gasteiger partial charge in [-0.15, -0.1) is 0 Å². The molecule has 0 aromatic heterocycles. The Morgan fingerprint density at radius 3 is 1.17 bits per heavy atom. The minimum Gasteiger partial charge on any atom is -0.756 e. The fourth-order valence-electron chi connectivity index (χ4n) is 7.83. The van der Waals surface area contributed by atoms with Crippen molar-refractivity contribution in [3.05, 3.63) is 122 Å². The van der Waals surface area contributed by atoms with E-state index in [2.05, 4.69) is 129 Å². The summed E-state index contributed by atoms with van der Waals surface area (Å²) in [5.41, 5.74) is 0. The minimum atomic E-state index is -4.66. The molecule has 0 heterocycles. The first kappa shape index (κ1) is 72.4. The molecule has 2 unspecified atom stereocenters. The van der Waals surface area contributed by atoms with Crippen LogP contribution in [-0.2, 0) is 32.7 Å². The SMILES string of the molecule is CC/C=C\C/C=C\C/C=C\C/C=C\C/C=C\C/C=C\C/C=C\C/C=C\C/C=C\CCCC(=O)OC(COC(=O)CCCCCCCCCCCCC/C=C\CCCCCCCCCC)COP(=O)([O-])OCC[N+](C)(C)C. The van der Waals surface area contributed by atoms with Crippen molar-refractivity contribution in [1.29, 1.82) is 0 Å². The number of carbonyl (C=O) groups excluding carboxylic acids is 2. The minimum absolute atomic E-state index is 0.0481. The molecule has 0 aromatic rings. The van der Waals surface area contributed by atoms with E-state index in [0.717, 1.165) is 83.5 Å². The molecule has 0 saturated carbocycles. The van der Waals surface area contributed by atoms with Crippen LogP contribution in [0.2, 0.25) is 0 Å². The molecule has 10 heteroatoms. The van der Waals surface area contributed by atoms with Gasteiger partial charge in [0.25, 0.3) is 7.82 Å². The number of ether oxygens (including phenoxy) is 2. The number of carbonyl (C=O) groups is 2. The first-order valence-corrected chi connectivity index (χ1v) is 31.7. The molecule has 0 radical (unpaired) electrons. The van der Waals surface area contributed by atoms with Crippen LogP contribution in [0.4, 0.5) is 0 Å². The van der Waals surface area contributed by atoms with Gasteiger partial charge in [-0.05, 0) is 103 Å². The van der Waals surface area contributed by atoms with Crippen LogP contribution in [0.1, 0.15) is 232 Å². The predicted molar refractivity (Wildman–Crippen MR) is 323 cm³/mol. The van der Waals surface area contributed by atoms with Crippen molar-refractivity contribution in [2.24, 2.45) is 0 Å². The van der Waals surface area contributed by atoms with Gasteiger partial charge in [0.05, 0.1) is 27.7 Å². The summed E-state index contributed by atoms with van der Waals surface area (Å²) in [6.07, 6.45) is 79.7. The Morgan fingerprint density at radius 2 is 0.763 bits per heavy atom. The number of phosphoric acid groups is 1. The van der Waals surface area contributed by atoms with E-state index in [1.54, 1.807) is 0 Å². The van der Waals surface area contributed by atoms with Crippen LogP contribution in [0.3, 0.4) is 0 Å². The van der Waals surface area contributed by atoms with E-state index in [-0.39, 0.29) is 26.1 Å². The van der Waals surface area contributed by atoms with Gasteiger partial charge < -0.3 is 27.9 Å². The molecule has 0 saturated heterocycles. The van der Waals surface area contributed by atoms with Crippen LogP contribution in [-0.4, -0.2) is 70.0 Å². The Kier molecular flexibility index (Phi) is 53.5. The second kappa shape index (κ2) is 56.1. The molecule has 9 nitrogen and oxygen atoms in total. The number of phosphoric ester groups is 1. The fraction of sp³-hybridized carbons (Fsp3) is 0.667. The van der Waals surface area contributed by atoms with Crippen molar-refractivity contribution in [1.82, 2.24) is 0 Å². The molecule has 434 valence electrons. The summed E-state index contributed by atoms with van der Waals surface area (Å²) in [6.45, 7) is 4.06. The Bertz CT molecular complexity index is 1700. The van der Waals surface area contributed by atoms with E-state index in [4.69, 9.17) is 18.5 Å². The molecule has 0 rings (SSSR count). The number of nitrogens with zero attached hydrogens (tertiary/aromatic N) is 1. The zero-order valence-corrected chi connectivity index (χ0v) is 50.0. The van der Waals surface area contributed by atoms with Crippen LogP contribution in [0, 0.1) is 0 Å². The maximum Gasteiger partial charge on any atom is 0.306 e. The molecule has 0 bridgehead atoms. The summed E-state index contributed by atoms with van der Waals surface area (Å²) >= 11 is 0. The molecular weight excluding hydrogens is 966 g/mol. The molecule has 0 aliphatic rings. The molecule has 0 amide bonds. The third kappa shape index (κ3) is 59.7. The monoisotopic (exact) mass is 1080 g/mol. The smallest absolute Gasteiger partial charge is 0.306 e. The van der Waals surface area contributed by atoms with Gasteiger partial charge in [0.15, 0.2) is 6.10 Å². The van der Waals surface area contributed by atoms with Gasteiger partial charge in [-0.2, -0.15) is 0 Å². The number of unbranched alkanes of at least 4 members (excludes halogenated alkanes) is 20. The van der Waals surface area contributed by atoms with E-state index in [1.807, 2.05) is 27.2 Å². The quantitative estimate of drug-likeness (QED) is 0.0195. The van der Waals surface area contributed by atoms with E-state index >= 15 is 0 Å². The lowest BCUT2D eigenvalue weighted by Crippen LogP contribution is -2.37. The summed E-state index contributed by atoms with van der Waals surface area (Å²) < 4.78 is 34.1. The Balaban J connectivity index is 4.30. The average Bonchev–Trinajstić information content (AvgIpc) is 3.38. The fourth-order valence-corrected chi connectivity index (χ4v) is 8.56. The highest BCUT2D eigenvalue weighted by molar-refractivity contribution is 7.45. The Hall–Kier alpha value is -3.59. The van der Waals surface area contributed by atoms with Gasteiger partial charge in [-0.3, -0.25) is 14.2 Å². The molecule has 76 heavy (non-hydrogen) atoms. The summed E-state index contributed by atoms with van der Waals surface area (Å²) in [5, 5.41) is 0. The van der Waals surface area contributed by atoms with Gasteiger partial charge in [0.1, 0.15) is 19.8 Å². The van der Waals surface area contributed by atoms with Gasteiger partial charge in [0, 0.05) is 12.8 Å². The normalized spacial score (nSPS) is 14.1. The van der Waals surface area contributed by atoms with E-state index in [9.17, 15) is 19.0 Å². The van der Waals surface area contributed by atoms with E-state index in [0.29, 0.717) is 23.9 Å². The van der Waals surface area contributed by atoms with Crippen LogP contribution < -0.4 is 4.89 Å². The van der Waals surface area contributed by atoms with Gasteiger partial charge >= 0.3 is 11.9 Å². The lowest BCUT2D eigenvalue weighted by molar-refractivity contribution is -0.870. The van der Waals surface area contributed by atoms with Crippen molar-refractivity contribution < 1.29 is 42.1 Å². The maximum atomic E-state index is 12.8. The zero-order valence-electron chi connectivity index (χ0n) is 49.2. The second-order valence-electron chi connectivity index (χ2n) is 21.0. The summed E-state index contributed by atoms with van der Waals surface area (Å²) in [4.78, 5) is 37.9. The van der Waals surface area contributed by atoms with Crippen molar-refractivity contribution in [2.75, 3.05) is 47.5 Å². The maximum absolute atomic E-state index is 12.8. The number of esters is 2. The summed E-state index contributed by atoms with van der Waals surface area (Å²) in [5.74, 6) is -0.909. The molecule has 0 aliphatic carbocycles. The second-order valence-corrected chi connectivity index (χ2v) is 22.4. The lowest BCUT2D eigenvalue weighted by atomic mass is 10.0. The van der Waals surface area contributed by atoms with Crippen LogP contribution >= 0.6 is 7.82 Å². The molecule has 2 atom stereocenters. The molecule has 0 spiro atoms. The Morgan fingerprint density at radius 1 is 0.421 bits per heavy atom. The lowest BCUT2D eigenvalue weighted by Gasteiger charge is -2.28. The molecule has 0 N–H and O–H groups in total. The van der Waals surface area contributed by atoms with Gasteiger partial charge in [-0.25, -0.2) is 0 Å². The molecule has 0 aromatic carbocycles. The molecule has 0 fully saturated rings. The van der Waals surface area contributed by atoms with Crippen LogP contribution in [0.5, 0.6) is 0 Å². The first-order valence-electron chi connectivity index (χ1n) is 30.2. The van der Waals surface area contributed by atoms with E-state index in [1.165, 1.54) is 109 Å². The number of allylic oxidation sites excluding steroid dienone is 20. The molecule has 0 aliphatic heterocycles. The van der Waals surface area contributed by atoms with Gasteiger partial charge in [-0.1, -0.05) is 238 Å². The third-order valence-corrected chi connectivity index (χ3v) is 13.4. The average molecular weight is 1080 g/mol. The number of hydrogen-bond acceptors (Lipinski definition) is 8. The van der Waals surface area contributed by atoms with Crippen LogP contribution in [0.25, 0.3) is 0 Å². The largest absolute Gasteiger partial charge is 0.756 e. The zero-order chi connectivity index (χ0) is 55.6. The highest BCUT2D eigenvalue weighted by atomic mass is 31.2. The highest BCUT2D eigenvalue weighted by Crippen LogP contribution is 2.38. The van der Waals surface area contributed by atoms with Crippen LogP contribution in [0.15, 0.2) is 122 Å². The van der Waals surface area contributed by atoms with Crippen molar-refractivity contribution in [3.63, 3.8) is 0 Å². The van der Waals surface area contributed by atoms with Crippen molar-refractivity contribution in [2.45, 2.75) is 238 Å². The predicted octanol–water partition coefficient (Wildman–Crippen LogP) is 18.5. The summed E-state index contributed by atoms with van der Waals surface area (Å²) in [6, 6.07) is 0. The topological polar surface area (TPSA) is 111 Å². The van der Waals surface area contributed by atoms with Crippen molar-refractivity contribution >= 4 is 19.8 Å². The number of rotatable bonds is 54. The number of quaternary nitrogens is 1. The third-order valence-electron chi connectivity index (χ3n) is 12.5. The van der Waals surface area contributed by atoms with E-state index < -0.39 is 32.5 Å². The number of likely N-dealkylation sites (N-methyl/N-ethyl adjacent to an activating group) is 1. The van der Waals surface area contributed by atoms with Gasteiger partial charge in [0.2, 0.25) is 0 Å². The molecular formula is C66H112NO8P. The van der Waals surface area contributed by atoms with Crippen molar-refractivity contribution in [3.8, 4) is 0 Å². The standard InChI is InChI=1S/C66H112NO8P/c1-6-8-10-12-14-16-18-20-22-24-26-28-30-31-32-33-34-35-37-39-41-43-45-47-49-51-53-55-57-59-66(69)75-64(63-74-76(70,71)73-61-60-67(3,4)5)62-72-65(68)58-56-54-52-50-48-46-44-42-40-38-36-29-27-25-23-21-19-17-15-13-11-9-7-2/h8,10,14,16,20,22,25-28,31-32,34-35,39,41,45,47,51,53,64H,6-7,9,11-13,15,17-19,21,23-24,29-30,33,36-38,40,42-44,46,48-50,52,54-63H2,1-5H3/b10-8-,16-14-,22-20-,27-25-,28-26-,32-31-,35-34-,41-39-,47-45-,53-51-. The number of hydrogen-bond donors (Lipinski definition) is 0. The summed E-state index contributed by atoms with van der Waals surface area (Å²) in [7, 11) is 1.11. The Labute approximate surface area is 467 Å². The first-order chi connectivity index (χ1) is 37.0.